The summed E-state index contributed by atoms with van der Waals surface area (Å²) in [6.45, 7) is 1.27. The Bertz CT molecular complexity index is 727. The molecule has 0 radical (unpaired) electrons. The van der Waals surface area contributed by atoms with Crippen LogP contribution < -0.4 is 9.47 Å². The summed E-state index contributed by atoms with van der Waals surface area (Å²) in [6, 6.07) is 14.6. The highest BCUT2D eigenvalue weighted by atomic mass is 16.5. The fourth-order valence-electron chi connectivity index (χ4n) is 3.44. The number of ether oxygens (including phenoxy) is 2. The Morgan fingerprint density at radius 3 is 2.19 bits per heavy atom. The third kappa shape index (κ3) is 3.99. The van der Waals surface area contributed by atoms with Gasteiger partial charge in [0, 0.05) is 24.6 Å². The average Bonchev–Trinajstić information content (AvgIpc) is 2.73. The number of rotatable bonds is 5. The van der Waals surface area contributed by atoms with E-state index in [1.807, 2.05) is 29.2 Å². The third-order valence-electron chi connectivity index (χ3n) is 4.99. The molecule has 1 saturated heterocycles. The standard InChI is InChI=1S/C21H25NO4/c1-25-18-9-5-15(6-10-18)20(23)17-4-3-13-22(14-17)21(24)16-7-11-19(26-2)12-8-16/h5-12,17,20,23H,3-4,13-14H2,1-2H3/t17?,20-/m1/s1. The molecule has 1 fully saturated rings. The van der Waals surface area contributed by atoms with Crippen LogP contribution >= 0.6 is 0 Å². The number of aliphatic hydroxyl groups is 1. The van der Waals surface area contributed by atoms with E-state index in [9.17, 15) is 9.90 Å². The van der Waals surface area contributed by atoms with Gasteiger partial charge in [-0.2, -0.15) is 0 Å². The number of aliphatic hydroxyl groups excluding tert-OH is 1. The average molecular weight is 355 g/mol. The van der Waals surface area contributed by atoms with Crippen LogP contribution in [0.25, 0.3) is 0 Å². The van der Waals surface area contributed by atoms with Crippen molar-refractivity contribution in [1.82, 2.24) is 4.90 Å². The Morgan fingerprint density at radius 2 is 1.62 bits per heavy atom. The van der Waals surface area contributed by atoms with Gasteiger partial charge >= 0.3 is 0 Å². The van der Waals surface area contributed by atoms with Gasteiger partial charge in [-0.05, 0) is 54.8 Å². The van der Waals surface area contributed by atoms with Gasteiger partial charge in [-0.3, -0.25) is 4.79 Å². The van der Waals surface area contributed by atoms with E-state index in [0.29, 0.717) is 12.1 Å². The molecule has 138 valence electrons. The normalized spacial score (nSPS) is 18.3. The maximum absolute atomic E-state index is 12.8. The van der Waals surface area contributed by atoms with Crippen molar-refractivity contribution >= 4 is 5.91 Å². The summed E-state index contributed by atoms with van der Waals surface area (Å²) >= 11 is 0. The minimum atomic E-state index is -0.590. The Morgan fingerprint density at radius 1 is 1.04 bits per heavy atom. The second-order valence-corrected chi connectivity index (χ2v) is 6.60. The SMILES string of the molecule is COc1ccc(C(=O)N2CCCC([C@H](O)c3ccc(OC)cc3)C2)cc1. The van der Waals surface area contributed by atoms with E-state index < -0.39 is 6.10 Å². The molecule has 5 heteroatoms. The Balaban J connectivity index is 1.68. The number of methoxy groups -OCH3 is 2. The number of carbonyl (C=O) groups is 1. The van der Waals surface area contributed by atoms with Crippen LogP contribution in [-0.4, -0.2) is 43.2 Å². The van der Waals surface area contributed by atoms with Crippen molar-refractivity contribution < 1.29 is 19.4 Å². The molecule has 2 atom stereocenters. The van der Waals surface area contributed by atoms with Gasteiger partial charge in [0.25, 0.3) is 5.91 Å². The van der Waals surface area contributed by atoms with Crippen molar-refractivity contribution in [1.29, 1.82) is 0 Å². The van der Waals surface area contributed by atoms with Crippen molar-refractivity contribution in [3.8, 4) is 11.5 Å². The van der Waals surface area contributed by atoms with Crippen LogP contribution in [0.4, 0.5) is 0 Å². The lowest BCUT2D eigenvalue weighted by Gasteiger charge is -2.35. The van der Waals surface area contributed by atoms with Crippen LogP contribution in [-0.2, 0) is 0 Å². The zero-order chi connectivity index (χ0) is 18.5. The molecule has 1 N–H and O–H groups in total. The minimum absolute atomic E-state index is 0.000663. The summed E-state index contributed by atoms with van der Waals surface area (Å²) < 4.78 is 10.3. The molecule has 0 saturated carbocycles. The van der Waals surface area contributed by atoms with Gasteiger partial charge < -0.3 is 19.5 Å². The van der Waals surface area contributed by atoms with Crippen LogP contribution in [0.15, 0.2) is 48.5 Å². The van der Waals surface area contributed by atoms with Gasteiger partial charge in [-0.25, -0.2) is 0 Å². The molecule has 3 rings (SSSR count). The molecule has 1 amide bonds. The lowest BCUT2D eigenvalue weighted by atomic mass is 9.88. The summed E-state index contributed by atoms with van der Waals surface area (Å²) in [5, 5.41) is 10.8. The lowest BCUT2D eigenvalue weighted by Crippen LogP contribution is -2.41. The Kier molecular flexibility index (Phi) is 5.78. The number of nitrogens with zero attached hydrogens (tertiary/aromatic N) is 1. The van der Waals surface area contributed by atoms with Crippen LogP contribution in [0.3, 0.4) is 0 Å². The number of carbonyl (C=O) groups excluding carboxylic acids is 1. The predicted molar refractivity (Wildman–Crippen MR) is 99.6 cm³/mol. The van der Waals surface area contributed by atoms with Crippen molar-refractivity contribution in [2.45, 2.75) is 18.9 Å². The number of hydrogen-bond donors (Lipinski definition) is 1. The molecule has 2 aromatic carbocycles. The zero-order valence-corrected chi connectivity index (χ0v) is 15.2. The largest absolute Gasteiger partial charge is 0.497 e. The number of amides is 1. The fraction of sp³-hybridized carbons (Fsp3) is 0.381. The minimum Gasteiger partial charge on any atom is -0.497 e. The van der Waals surface area contributed by atoms with Crippen LogP contribution in [0.5, 0.6) is 11.5 Å². The van der Waals surface area contributed by atoms with E-state index >= 15 is 0 Å². The lowest BCUT2D eigenvalue weighted by molar-refractivity contribution is 0.0401. The van der Waals surface area contributed by atoms with E-state index in [-0.39, 0.29) is 11.8 Å². The number of benzene rings is 2. The maximum Gasteiger partial charge on any atom is 0.253 e. The molecule has 0 spiro atoms. The molecular formula is C21H25NO4. The highest BCUT2D eigenvalue weighted by Gasteiger charge is 2.29. The van der Waals surface area contributed by atoms with E-state index in [2.05, 4.69) is 0 Å². The monoisotopic (exact) mass is 355 g/mol. The van der Waals surface area contributed by atoms with E-state index in [1.165, 1.54) is 0 Å². The molecule has 0 aliphatic carbocycles. The smallest absolute Gasteiger partial charge is 0.253 e. The van der Waals surface area contributed by atoms with E-state index in [1.54, 1.807) is 38.5 Å². The van der Waals surface area contributed by atoms with Crippen LogP contribution in [0.1, 0.15) is 34.9 Å². The van der Waals surface area contributed by atoms with Gasteiger partial charge in [0.1, 0.15) is 11.5 Å². The summed E-state index contributed by atoms with van der Waals surface area (Å²) in [7, 11) is 3.22. The summed E-state index contributed by atoms with van der Waals surface area (Å²) in [5.41, 5.74) is 1.50. The van der Waals surface area contributed by atoms with Crippen molar-refractivity contribution in [3.63, 3.8) is 0 Å². The fourth-order valence-corrected chi connectivity index (χ4v) is 3.44. The second kappa shape index (κ2) is 8.23. The zero-order valence-electron chi connectivity index (χ0n) is 15.2. The van der Waals surface area contributed by atoms with E-state index in [4.69, 9.17) is 9.47 Å². The van der Waals surface area contributed by atoms with Crippen molar-refractivity contribution in [2.24, 2.45) is 5.92 Å². The predicted octanol–water partition coefficient (Wildman–Crippen LogP) is 3.29. The number of likely N-dealkylation sites (tertiary alicyclic amines) is 1. The summed E-state index contributed by atoms with van der Waals surface area (Å²) in [5.74, 6) is 1.52. The summed E-state index contributed by atoms with van der Waals surface area (Å²) in [6.07, 6.45) is 1.20. The first-order valence-electron chi connectivity index (χ1n) is 8.87. The van der Waals surface area contributed by atoms with Crippen molar-refractivity contribution in [3.05, 3.63) is 59.7 Å². The molecule has 0 aromatic heterocycles. The Hall–Kier alpha value is -2.53. The van der Waals surface area contributed by atoms with Crippen molar-refractivity contribution in [2.75, 3.05) is 27.3 Å². The highest BCUT2D eigenvalue weighted by Crippen LogP contribution is 2.31. The third-order valence-corrected chi connectivity index (χ3v) is 4.99. The van der Waals surface area contributed by atoms with Gasteiger partial charge in [0.05, 0.1) is 20.3 Å². The summed E-state index contributed by atoms with van der Waals surface area (Å²) in [4.78, 5) is 14.6. The number of hydrogen-bond acceptors (Lipinski definition) is 4. The Labute approximate surface area is 154 Å². The topological polar surface area (TPSA) is 59.0 Å². The molecule has 1 aliphatic rings. The first-order valence-corrected chi connectivity index (χ1v) is 8.87. The van der Waals surface area contributed by atoms with E-state index in [0.717, 1.165) is 36.4 Å². The van der Waals surface area contributed by atoms with Gasteiger partial charge in [0.2, 0.25) is 0 Å². The van der Waals surface area contributed by atoms with Crippen LogP contribution in [0, 0.1) is 5.92 Å². The second-order valence-electron chi connectivity index (χ2n) is 6.60. The molecule has 2 aromatic rings. The first-order chi connectivity index (χ1) is 12.6. The highest BCUT2D eigenvalue weighted by molar-refractivity contribution is 5.94. The van der Waals surface area contributed by atoms with Crippen LogP contribution in [0.2, 0.25) is 0 Å². The van der Waals surface area contributed by atoms with Gasteiger partial charge in [-0.1, -0.05) is 12.1 Å². The molecule has 1 aliphatic heterocycles. The van der Waals surface area contributed by atoms with Gasteiger partial charge in [-0.15, -0.1) is 0 Å². The van der Waals surface area contributed by atoms with Gasteiger partial charge in [0.15, 0.2) is 0 Å². The molecule has 1 unspecified atom stereocenters. The maximum atomic E-state index is 12.8. The molecule has 1 heterocycles. The first kappa shape index (κ1) is 18.3. The molecule has 0 bridgehead atoms. The number of piperidine rings is 1. The molecule has 5 nitrogen and oxygen atoms in total. The molecule has 26 heavy (non-hydrogen) atoms. The quantitative estimate of drug-likeness (QED) is 0.894. The molecular weight excluding hydrogens is 330 g/mol.